The number of urea groups is 1. The fraction of sp³-hybridized carbons (Fsp3) is 0.478. The van der Waals surface area contributed by atoms with Crippen LogP contribution in [0.15, 0.2) is 53.1 Å². The van der Waals surface area contributed by atoms with E-state index in [1.54, 1.807) is 6.26 Å². The lowest BCUT2D eigenvalue weighted by atomic mass is 10.1. The van der Waals surface area contributed by atoms with E-state index in [4.69, 9.17) is 4.42 Å². The average Bonchev–Trinajstić information content (AvgIpc) is 3.16. The third-order valence-electron chi connectivity index (χ3n) is 5.36. The topological polar surface area (TPSA) is 74.6 Å². The molecule has 2 atom stereocenters. The molecule has 0 radical (unpaired) electrons. The van der Waals surface area contributed by atoms with Crippen molar-refractivity contribution >= 4 is 11.9 Å². The van der Waals surface area contributed by atoms with Gasteiger partial charge in [0.15, 0.2) is 0 Å². The summed E-state index contributed by atoms with van der Waals surface area (Å²) in [4.78, 5) is 27.0. The Morgan fingerprint density at radius 1 is 1.10 bits per heavy atom. The Morgan fingerprint density at radius 2 is 1.93 bits per heavy atom. The molecule has 3 amide bonds. The quantitative estimate of drug-likeness (QED) is 0.706. The number of hydrogen-bond donors (Lipinski definition) is 2. The van der Waals surface area contributed by atoms with E-state index in [9.17, 15) is 9.59 Å². The highest BCUT2D eigenvalue weighted by Gasteiger charge is 2.23. The maximum Gasteiger partial charge on any atom is 0.315 e. The maximum absolute atomic E-state index is 12.6. The highest BCUT2D eigenvalue weighted by molar-refractivity contribution is 5.77. The van der Waals surface area contributed by atoms with Crippen LogP contribution in [0.3, 0.4) is 0 Å². The molecule has 1 aromatic heterocycles. The first-order valence-corrected chi connectivity index (χ1v) is 10.5. The molecule has 156 valence electrons. The van der Waals surface area contributed by atoms with Crippen LogP contribution in [0.5, 0.6) is 0 Å². The van der Waals surface area contributed by atoms with E-state index in [2.05, 4.69) is 10.6 Å². The number of nitrogens with zero attached hydrogens (tertiary/aromatic N) is 1. The molecule has 29 heavy (non-hydrogen) atoms. The van der Waals surface area contributed by atoms with Crippen molar-refractivity contribution in [2.75, 3.05) is 13.1 Å². The van der Waals surface area contributed by atoms with Gasteiger partial charge < -0.3 is 20.0 Å². The Balaban J connectivity index is 1.58. The van der Waals surface area contributed by atoms with Crippen LogP contribution < -0.4 is 10.6 Å². The summed E-state index contributed by atoms with van der Waals surface area (Å²) in [6.45, 7) is 3.24. The van der Waals surface area contributed by atoms with Crippen molar-refractivity contribution in [2.24, 2.45) is 0 Å². The predicted molar refractivity (Wildman–Crippen MR) is 112 cm³/mol. The van der Waals surface area contributed by atoms with Gasteiger partial charge in [-0.05, 0) is 43.9 Å². The molecule has 0 spiro atoms. The minimum Gasteiger partial charge on any atom is -0.469 e. The Hall–Kier alpha value is -2.76. The summed E-state index contributed by atoms with van der Waals surface area (Å²) in [6.07, 6.45) is 6.88. The number of carbonyl (C=O) groups excluding carboxylic acids is 2. The van der Waals surface area contributed by atoms with E-state index in [0.717, 1.165) is 50.0 Å². The van der Waals surface area contributed by atoms with Crippen LogP contribution in [0, 0.1) is 0 Å². The van der Waals surface area contributed by atoms with Crippen LogP contribution in [0.1, 0.15) is 56.4 Å². The van der Waals surface area contributed by atoms with Crippen LogP contribution in [0.2, 0.25) is 0 Å². The normalized spacial score (nSPS) is 16.7. The molecule has 6 nitrogen and oxygen atoms in total. The molecule has 2 heterocycles. The average molecular weight is 398 g/mol. The van der Waals surface area contributed by atoms with E-state index < -0.39 is 0 Å². The summed E-state index contributed by atoms with van der Waals surface area (Å²) in [5.74, 6) is 1.10. The number of rotatable bonds is 8. The molecule has 2 aromatic rings. The first kappa shape index (κ1) is 21.0. The number of furan rings is 1. The second kappa shape index (κ2) is 10.7. The molecular weight excluding hydrogens is 366 g/mol. The van der Waals surface area contributed by atoms with Gasteiger partial charge in [0.1, 0.15) is 5.76 Å². The number of carbonyl (C=O) groups is 2. The van der Waals surface area contributed by atoms with E-state index in [0.29, 0.717) is 13.0 Å². The van der Waals surface area contributed by atoms with Gasteiger partial charge in [0.25, 0.3) is 0 Å². The van der Waals surface area contributed by atoms with Crippen molar-refractivity contribution in [1.82, 2.24) is 15.5 Å². The maximum atomic E-state index is 12.6. The van der Waals surface area contributed by atoms with Gasteiger partial charge in [0, 0.05) is 32.0 Å². The predicted octanol–water partition coefficient (Wildman–Crippen LogP) is 4.04. The Morgan fingerprint density at radius 3 is 2.69 bits per heavy atom. The number of hydrogen-bond acceptors (Lipinski definition) is 3. The van der Waals surface area contributed by atoms with Crippen LogP contribution >= 0.6 is 0 Å². The monoisotopic (exact) mass is 397 g/mol. The lowest BCUT2D eigenvalue weighted by molar-refractivity contribution is -0.131. The molecule has 0 saturated carbocycles. The minimum atomic E-state index is -0.240. The van der Waals surface area contributed by atoms with Crippen molar-refractivity contribution in [3.05, 3.63) is 60.1 Å². The molecule has 0 aliphatic carbocycles. The summed E-state index contributed by atoms with van der Waals surface area (Å²) in [7, 11) is 0. The molecule has 3 rings (SSSR count). The lowest BCUT2D eigenvalue weighted by Crippen LogP contribution is -2.46. The summed E-state index contributed by atoms with van der Waals surface area (Å²) >= 11 is 0. The van der Waals surface area contributed by atoms with E-state index in [-0.39, 0.29) is 24.0 Å². The fourth-order valence-corrected chi connectivity index (χ4v) is 3.68. The summed E-state index contributed by atoms with van der Waals surface area (Å²) in [5, 5.41) is 6.09. The lowest BCUT2D eigenvalue weighted by Gasteiger charge is -2.28. The molecule has 1 fully saturated rings. The first-order valence-electron chi connectivity index (χ1n) is 10.5. The van der Waals surface area contributed by atoms with Crippen LogP contribution in [-0.2, 0) is 11.2 Å². The van der Waals surface area contributed by atoms with Crippen LogP contribution in [-0.4, -0.2) is 36.0 Å². The molecule has 1 aromatic carbocycles. The van der Waals surface area contributed by atoms with Gasteiger partial charge in [-0.1, -0.05) is 36.8 Å². The number of aryl methyl sites for hydroxylation is 1. The van der Waals surface area contributed by atoms with E-state index in [1.807, 2.05) is 54.3 Å². The second-order valence-corrected chi connectivity index (χ2v) is 7.75. The van der Waals surface area contributed by atoms with E-state index >= 15 is 0 Å². The van der Waals surface area contributed by atoms with Crippen molar-refractivity contribution in [3.63, 3.8) is 0 Å². The molecule has 1 aliphatic rings. The van der Waals surface area contributed by atoms with Crippen molar-refractivity contribution in [1.29, 1.82) is 0 Å². The molecule has 2 unspecified atom stereocenters. The first-order chi connectivity index (χ1) is 14.1. The van der Waals surface area contributed by atoms with Gasteiger partial charge in [0.2, 0.25) is 5.91 Å². The number of nitrogens with one attached hydrogen (secondary N) is 2. The van der Waals surface area contributed by atoms with Crippen molar-refractivity contribution in [2.45, 2.75) is 57.5 Å². The van der Waals surface area contributed by atoms with Gasteiger partial charge in [-0.15, -0.1) is 0 Å². The van der Waals surface area contributed by atoms with E-state index in [1.165, 1.54) is 0 Å². The Kier molecular flexibility index (Phi) is 7.73. The summed E-state index contributed by atoms with van der Waals surface area (Å²) in [5.41, 5.74) is 1.00. The Labute approximate surface area is 172 Å². The smallest absolute Gasteiger partial charge is 0.315 e. The van der Waals surface area contributed by atoms with Crippen molar-refractivity contribution < 1.29 is 14.0 Å². The molecule has 0 bridgehead atoms. The number of benzene rings is 1. The molecule has 6 heteroatoms. The van der Waals surface area contributed by atoms with Gasteiger partial charge in [-0.2, -0.15) is 0 Å². The van der Waals surface area contributed by atoms with Gasteiger partial charge in [-0.25, -0.2) is 4.79 Å². The highest BCUT2D eigenvalue weighted by Crippen LogP contribution is 2.18. The molecular formula is C23H31N3O3. The summed E-state index contributed by atoms with van der Waals surface area (Å²) < 4.78 is 5.35. The number of amides is 3. The van der Waals surface area contributed by atoms with Crippen LogP contribution in [0.25, 0.3) is 0 Å². The van der Waals surface area contributed by atoms with Crippen LogP contribution in [0.4, 0.5) is 4.79 Å². The number of likely N-dealkylation sites (tertiary alicyclic amines) is 1. The van der Waals surface area contributed by atoms with Crippen molar-refractivity contribution in [3.8, 4) is 0 Å². The zero-order chi connectivity index (χ0) is 20.5. The third-order valence-corrected chi connectivity index (χ3v) is 5.36. The summed E-state index contributed by atoms with van der Waals surface area (Å²) in [6, 6.07) is 13.2. The fourth-order valence-electron chi connectivity index (χ4n) is 3.68. The zero-order valence-electron chi connectivity index (χ0n) is 17.1. The zero-order valence-corrected chi connectivity index (χ0v) is 17.1. The molecule has 1 saturated heterocycles. The third kappa shape index (κ3) is 6.66. The molecule has 1 aliphatic heterocycles. The van der Waals surface area contributed by atoms with Gasteiger partial charge in [0.05, 0.1) is 12.3 Å². The Bertz CT molecular complexity index is 761. The second-order valence-electron chi connectivity index (χ2n) is 7.75. The van der Waals surface area contributed by atoms with Gasteiger partial charge >= 0.3 is 6.03 Å². The SMILES string of the molecule is CC(CCc1ccco1)NC(=O)NC(CN1CCCCCC1=O)c1ccccc1. The largest absolute Gasteiger partial charge is 0.469 e. The minimum absolute atomic E-state index is 0.0105. The molecule has 2 N–H and O–H groups in total. The van der Waals surface area contributed by atoms with Gasteiger partial charge in [-0.3, -0.25) is 4.79 Å². The highest BCUT2D eigenvalue weighted by atomic mass is 16.3. The standard InChI is InChI=1S/C23H31N3O3/c1-18(13-14-20-11-8-16-29-20)24-23(28)25-21(19-9-4-2-5-10-19)17-26-15-7-3-6-12-22(26)27/h2,4-5,8-11,16,18,21H,3,6-7,12-15,17H2,1H3,(H2,24,25,28).